The molecule has 2 rings (SSSR count). The van der Waals surface area contributed by atoms with Gasteiger partial charge in [0, 0.05) is 14.7 Å². The summed E-state index contributed by atoms with van der Waals surface area (Å²) in [6.45, 7) is 2.05. The van der Waals surface area contributed by atoms with E-state index in [4.69, 9.17) is 0 Å². The van der Waals surface area contributed by atoms with Crippen molar-refractivity contribution in [1.82, 2.24) is 10.9 Å². The Hall–Kier alpha value is -1.89. The summed E-state index contributed by atoms with van der Waals surface area (Å²) >= 11 is 2.16. The molecule has 108 valence electrons. The number of nitrogens with one attached hydrogen (secondary N) is 2. The highest BCUT2D eigenvalue weighted by Crippen LogP contribution is 2.07. The lowest BCUT2D eigenvalue weighted by molar-refractivity contribution is 0.0846. The second-order valence-electron chi connectivity index (χ2n) is 4.47. The number of amides is 2. The summed E-state index contributed by atoms with van der Waals surface area (Å²) in [5.41, 5.74) is 6.98. The van der Waals surface area contributed by atoms with Gasteiger partial charge in [0.05, 0.1) is 0 Å². The van der Waals surface area contributed by atoms with Gasteiger partial charge >= 0.3 is 0 Å². The molecule has 0 aliphatic heterocycles. The molecule has 0 saturated carbocycles. The third-order valence-electron chi connectivity index (χ3n) is 3.02. The highest BCUT2D eigenvalue weighted by atomic mass is 127. The minimum absolute atomic E-state index is 0.337. The summed E-state index contributed by atoms with van der Waals surface area (Å²) in [7, 11) is 0. The van der Waals surface area contributed by atoms with Crippen LogP contribution in [0.2, 0.25) is 0 Å². The molecule has 0 unspecified atom stereocenters. The molecule has 0 bridgehead atoms. The van der Waals surface area contributed by atoms with Gasteiger partial charge in [-0.15, -0.1) is 0 Å². The average Bonchev–Trinajstić information content (AvgIpc) is 2.53. The Balaban J connectivity index is 1.93. The van der Waals surface area contributed by atoms with Crippen LogP contribution in [-0.2, 0) is 6.42 Å². The fraction of sp³-hybridized carbons (Fsp3) is 0.125. The zero-order valence-corrected chi connectivity index (χ0v) is 13.7. The first-order chi connectivity index (χ1) is 10.1. The predicted molar refractivity (Wildman–Crippen MR) is 89.9 cm³/mol. The van der Waals surface area contributed by atoms with Gasteiger partial charge in [0.2, 0.25) is 0 Å². The standard InChI is InChI=1S/C16H15IN2O2/c1-2-11-3-5-12(6-4-11)15(20)18-19-16(21)13-7-9-14(17)10-8-13/h3-10H,2H2,1H3,(H,18,20)(H,19,21). The van der Waals surface area contributed by atoms with Crippen molar-refractivity contribution in [1.29, 1.82) is 0 Å². The van der Waals surface area contributed by atoms with Crippen LogP contribution in [0, 0.1) is 3.57 Å². The van der Waals surface area contributed by atoms with E-state index in [2.05, 4.69) is 40.4 Å². The number of carbonyl (C=O) groups is 2. The minimum atomic E-state index is -0.343. The van der Waals surface area contributed by atoms with Gasteiger partial charge in [0.1, 0.15) is 0 Å². The number of aryl methyl sites for hydroxylation is 1. The van der Waals surface area contributed by atoms with Gasteiger partial charge in [-0.25, -0.2) is 0 Å². The summed E-state index contributed by atoms with van der Waals surface area (Å²) in [6, 6.07) is 14.4. The molecule has 0 fully saturated rings. The molecule has 2 N–H and O–H groups in total. The van der Waals surface area contributed by atoms with Crippen LogP contribution in [0.15, 0.2) is 48.5 Å². The van der Waals surface area contributed by atoms with Gasteiger partial charge in [0.15, 0.2) is 0 Å². The van der Waals surface area contributed by atoms with E-state index in [0.717, 1.165) is 15.6 Å². The molecule has 0 radical (unpaired) electrons. The van der Waals surface area contributed by atoms with Crippen LogP contribution in [0.4, 0.5) is 0 Å². The lowest BCUT2D eigenvalue weighted by atomic mass is 10.1. The van der Waals surface area contributed by atoms with E-state index in [1.807, 2.05) is 24.3 Å². The Kier molecular flexibility index (Phi) is 5.32. The molecule has 0 spiro atoms. The molecule has 21 heavy (non-hydrogen) atoms. The summed E-state index contributed by atoms with van der Waals surface area (Å²) in [4.78, 5) is 23.8. The van der Waals surface area contributed by atoms with E-state index in [0.29, 0.717) is 11.1 Å². The van der Waals surface area contributed by atoms with Crippen LogP contribution >= 0.6 is 22.6 Å². The average molecular weight is 394 g/mol. The fourth-order valence-electron chi connectivity index (χ4n) is 1.75. The molecule has 0 heterocycles. The lowest BCUT2D eigenvalue weighted by Crippen LogP contribution is -2.41. The summed E-state index contributed by atoms with van der Waals surface area (Å²) < 4.78 is 1.05. The van der Waals surface area contributed by atoms with Gasteiger partial charge in [-0.1, -0.05) is 19.1 Å². The molecule has 2 aromatic rings. The van der Waals surface area contributed by atoms with Gasteiger partial charge in [-0.2, -0.15) is 0 Å². The molecule has 0 atom stereocenters. The largest absolute Gasteiger partial charge is 0.269 e. The van der Waals surface area contributed by atoms with Gasteiger partial charge in [0.25, 0.3) is 11.8 Å². The Bertz CT molecular complexity index is 636. The van der Waals surface area contributed by atoms with Crippen LogP contribution in [-0.4, -0.2) is 11.8 Å². The zero-order chi connectivity index (χ0) is 15.2. The number of benzene rings is 2. The molecule has 2 aromatic carbocycles. The number of carbonyl (C=O) groups excluding carboxylic acids is 2. The maximum Gasteiger partial charge on any atom is 0.269 e. The summed E-state index contributed by atoms with van der Waals surface area (Å²) in [5, 5.41) is 0. The maximum absolute atomic E-state index is 11.9. The molecular formula is C16H15IN2O2. The number of hydrogen-bond donors (Lipinski definition) is 2. The molecule has 4 nitrogen and oxygen atoms in total. The number of hydrazine groups is 1. The van der Waals surface area contributed by atoms with Crippen molar-refractivity contribution in [2.24, 2.45) is 0 Å². The van der Waals surface area contributed by atoms with Gasteiger partial charge in [-0.05, 0) is 71.0 Å². The number of halogens is 1. The topological polar surface area (TPSA) is 58.2 Å². The highest BCUT2D eigenvalue weighted by molar-refractivity contribution is 14.1. The SMILES string of the molecule is CCc1ccc(C(=O)NNC(=O)c2ccc(I)cc2)cc1. The second kappa shape index (κ2) is 7.21. The molecule has 5 heteroatoms. The van der Waals surface area contributed by atoms with Crippen LogP contribution in [0.1, 0.15) is 33.2 Å². The lowest BCUT2D eigenvalue weighted by Gasteiger charge is -2.08. The zero-order valence-electron chi connectivity index (χ0n) is 11.5. The Morgan fingerprint density at radius 2 is 1.29 bits per heavy atom. The normalized spacial score (nSPS) is 10.0. The van der Waals surface area contributed by atoms with E-state index in [9.17, 15) is 9.59 Å². The quantitative estimate of drug-likeness (QED) is 0.622. The van der Waals surface area contributed by atoms with E-state index in [1.165, 1.54) is 0 Å². The maximum atomic E-state index is 11.9. The molecule has 0 aliphatic carbocycles. The Morgan fingerprint density at radius 3 is 1.71 bits per heavy atom. The number of rotatable bonds is 3. The third kappa shape index (κ3) is 4.29. The first-order valence-electron chi connectivity index (χ1n) is 6.55. The second-order valence-corrected chi connectivity index (χ2v) is 5.71. The van der Waals surface area contributed by atoms with Crippen molar-refractivity contribution in [3.05, 3.63) is 68.8 Å². The van der Waals surface area contributed by atoms with Crippen molar-refractivity contribution in [3.8, 4) is 0 Å². The van der Waals surface area contributed by atoms with E-state index in [1.54, 1.807) is 24.3 Å². The van der Waals surface area contributed by atoms with Crippen LogP contribution in [0.25, 0.3) is 0 Å². The van der Waals surface area contributed by atoms with Crippen LogP contribution in [0.5, 0.6) is 0 Å². The van der Waals surface area contributed by atoms with Gasteiger partial charge in [-0.3, -0.25) is 20.4 Å². The van der Waals surface area contributed by atoms with E-state index >= 15 is 0 Å². The Labute approximate surface area is 137 Å². The predicted octanol–water partition coefficient (Wildman–Crippen LogP) is 2.93. The fourth-order valence-corrected chi connectivity index (χ4v) is 2.11. The molecule has 0 aliphatic rings. The van der Waals surface area contributed by atoms with Crippen molar-refractivity contribution in [3.63, 3.8) is 0 Å². The van der Waals surface area contributed by atoms with E-state index < -0.39 is 0 Å². The molecule has 0 aromatic heterocycles. The van der Waals surface area contributed by atoms with Crippen molar-refractivity contribution in [2.75, 3.05) is 0 Å². The van der Waals surface area contributed by atoms with Gasteiger partial charge < -0.3 is 0 Å². The molecule has 2 amide bonds. The highest BCUT2D eigenvalue weighted by Gasteiger charge is 2.08. The molecule has 0 saturated heterocycles. The summed E-state index contributed by atoms with van der Waals surface area (Å²) in [6.07, 6.45) is 0.922. The smallest absolute Gasteiger partial charge is 0.267 e. The first kappa shape index (κ1) is 15.5. The molecular weight excluding hydrogens is 379 g/mol. The van der Waals surface area contributed by atoms with Crippen LogP contribution < -0.4 is 10.9 Å². The summed E-state index contributed by atoms with van der Waals surface area (Å²) in [5.74, 6) is -0.679. The Morgan fingerprint density at radius 1 is 0.857 bits per heavy atom. The minimum Gasteiger partial charge on any atom is -0.267 e. The van der Waals surface area contributed by atoms with Crippen molar-refractivity contribution in [2.45, 2.75) is 13.3 Å². The van der Waals surface area contributed by atoms with Crippen molar-refractivity contribution >= 4 is 34.4 Å². The third-order valence-corrected chi connectivity index (χ3v) is 3.74. The number of hydrogen-bond acceptors (Lipinski definition) is 2. The monoisotopic (exact) mass is 394 g/mol. The van der Waals surface area contributed by atoms with E-state index in [-0.39, 0.29) is 11.8 Å². The van der Waals surface area contributed by atoms with Crippen molar-refractivity contribution < 1.29 is 9.59 Å². The van der Waals surface area contributed by atoms with Crippen LogP contribution in [0.3, 0.4) is 0 Å². The first-order valence-corrected chi connectivity index (χ1v) is 7.63.